The number of aryl methyl sites for hydroxylation is 1. The van der Waals surface area contributed by atoms with E-state index in [0.717, 1.165) is 11.3 Å². The van der Waals surface area contributed by atoms with Gasteiger partial charge in [0.1, 0.15) is 5.75 Å². The molecular formula is C13H14N2O4. The first-order valence-corrected chi connectivity index (χ1v) is 5.76. The number of nitrogens with zero attached hydrogens (tertiary/aromatic N) is 2. The van der Waals surface area contributed by atoms with Gasteiger partial charge < -0.3 is 14.0 Å². The van der Waals surface area contributed by atoms with Crippen molar-refractivity contribution in [2.24, 2.45) is 0 Å². The van der Waals surface area contributed by atoms with Gasteiger partial charge in [0, 0.05) is 12.0 Å². The lowest BCUT2D eigenvalue weighted by Gasteiger charge is -1.98. The zero-order valence-electron chi connectivity index (χ0n) is 10.8. The summed E-state index contributed by atoms with van der Waals surface area (Å²) in [6.45, 7) is 0. The van der Waals surface area contributed by atoms with E-state index in [-0.39, 0.29) is 12.4 Å². The molecule has 0 aliphatic carbocycles. The summed E-state index contributed by atoms with van der Waals surface area (Å²) < 4.78 is 14.7. The summed E-state index contributed by atoms with van der Waals surface area (Å²) in [5.74, 6) is 1.36. The van der Waals surface area contributed by atoms with Crippen LogP contribution >= 0.6 is 0 Å². The average Bonchev–Trinajstić information content (AvgIpc) is 2.93. The zero-order valence-corrected chi connectivity index (χ0v) is 10.8. The van der Waals surface area contributed by atoms with E-state index in [1.807, 2.05) is 24.3 Å². The third kappa shape index (κ3) is 3.31. The SMILES string of the molecule is COC(=O)CCc1nc(-c2ccc(OC)cc2)no1. The molecule has 2 aromatic rings. The molecule has 0 saturated heterocycles. The van der Waals surface area contributed by atoms with Gasteiger partial charge in [-0.25, -0.2) is 0 Å². The summed E-state index contributed by atoms with van der Waals surface area (Å²) in [5, 5.41) is 3.87. The summed E-state index contributed by atoms with van der Waals surface area (Å²) in [5.41, 5.74) is 0.828. The van der Waals surface area contributed by atoms with E-state index in [0.29, 0.717) is 18.1 Å². The van der Waals surface area contributed by atoms with Gasteiger partial charge in [0.25, 0.3) is 0 Å². The van der Waals surface area contributed by atoms with E-state index in [1.165, 1.54) is 7.11 Å². The second-order valence-corrected chi connectivity index (χ2v) is 3.82. The van der Waals surface area contributed by atoms with Crippen LogP contribution in [0.4, 0.5) is 0 Å². The fourth-order valence-corrected chi connectivity index (χ4v) is 1.52. The topological polar surface area (TPSA) is 74.5 Å². The van der Waals surface area contributed by atoms with Crippen LogP contribution in [0.15, 0.2) is 28.8 Å². The minimum atomic E-state index is -0.302. The maximum atomic E-state index is 11.0. The molecule has 0 aliphatic heterocycles. The van der Waals surface area contributed by atoms with Crippen molar-refractivity contribution < 1.29 is 18.8 Å². The lowest BCUT2D eigenvalue weighted by Crippen LogP contribution is -2.01. The van der Waals surface area contributed by atoms with Crippen molar-refractivity contribution in [3.8, 4) is 17.1 Å². The molecule has 1 aromatic carbocycles. The number of hydrogen-bond acceptors (Lipinski definition) is 6. The minimum Gasteiger partial charge on any atom is -0.497 e. The number of aromatic nitrogens is 2. The number of ether oxygens (including phenoxy) is 2. The Morgan fingerprint density at radius 1 is 1.26 bits per heavy atom. The Labute approximate surface area is 110 Å². The Kier molecular flexibility index (Phi) is 4.12. The lowest BCUT2D eigenvalue weighted by molar-refractivity contribution is -0.140. The Morgan fingerprint density at radius 3 is 2.63 bits per heavy atom. The van der Waals surface area contributed by atoms with Crippen LogP contribution in [0.5, 0.6) is 5.75 Å². The van der Waals surface area contributed by atoms with E-state index in [1.54, 1.807) is 7.11 Å². The number of esters is 1. The van der Waals surface area contributed by atoms with E-state index in [2.05, 4.69) is 14.9 Å². The molecule has 1 heterocycles. The molecular weight excluding hydrogens is 248 g/mol. The summed E-state index contributed by atoms with van der Waals surface area (Å²) in [7, 11) is 2.95. The van der Waals surface area contributed by atoms with Crippen molar-refractivity contribution >= 4 is 5.97 Å². The monoisotopic (exact) mass is 262 g/mol. The molecule has 0 saturated carbocycles. The highest BCUT2D eigenvalue weighted by atomic mass is 16.5. The molecule has 0 fully saturated rings. The Balaban J connectivity index is 2.05. The molecule has 2 rings (SSSR count). The van der Waals surface area contributed by atoms with Crippen molar-refractivity contribution in [3.63, 3.8) is 0 Å². The molecule has 0 aliphatic rings. The molecule has 6 nitrogen and oxygen atoms in total. The van der Waals surface area contributed by atoms with Gasteiger partial charge in [-0.15, -0.1) is 0 Å². The summed E-state index contributed by atoms with van der Waals surface area (Å²) in [6.07, 6.45) is 0.594. The maximum absolute atomic E-state index is 11.0. The van der Waals surface area contributed by atoms with Crippen LogP contribution in [-0.2, 0) is 16.0 Å². The number of carbonyl (C=O) groups is 1. The van der Waals surface area contributed by atoms with Crippen LogP contribution in [0.1, 0.15) is 12.3 Å². The van der Waals surface area contributed by atoms with E-state index in [4.69, 9.17) is 9.26 Å². The Bertz CT molecular complexity index is 548. The highest BCUT2D eigenvalue weighted by molar-refractivity contribution is 5.69. The molecule has 0 radical (unpaired) electrons. The molecule has 0 spiro atoms. The van der Waals surface area contributed by atoms with Crippen LogP contribution in [0.3, 0.4) is 0 Å². The number of benzene rings is 1. The third-order valence-corrected chi connectivity index (χ3v) is 2.59. The van der Waals surface area contributed by atoms with Gasteiger partial charge in [0.2, 0.25) is 11.7 Å². The average molecular weight is 262 g/mol. The van der Waals surface area contributed by atoms with Crippen molar-refractivity contribution in [3.05, 3.63) is 30.2 Å². The van der Waals surface area contributed by atoms with Crippen LogP contribution in [0.25, 0.3) is 11.4 Å². The number of hydrogen-bond donors (Lipinski definition) is 0. The van der Waals surface area contributed by atoms with Crippen molar-refractivity contribution in [2.45, 2.75) is 12.8 Å². The van der Waals surface area contributed by atoms with Crippen molar-refractivity contribution in [1.29, 1.82) is 0 Å². The molecule has 100 valence electrons. The van der Waals surface area contributed by atoms with Gasteiger partial charge in [-0.2, -0.15) is 4.98 Å². The van der Waals surface area contributed by atoms with Crippen LogP contribution in [0.2, 0.25) is 0 Å². The van der Waals surface area contributed by atoms with E-state index >= 15 is 0 Å². The predicted octanol–water partition coefficient (Wildman–Crippen LogP) is 1.85. The first-order valence-electron chi connectivity index (χ1n) is 5.76. The fourth-order valence-electron chi connectivity index (χ4n) is 1.52. The third-order valence-electron chi connectivity index (χ3n) is 2.59. The normalized spacial score (nSPS) is 10.2. The molecule has 0 amide bonds. The van der Waals surface area contributed by atoms with Gasteiger partial charge in [0.05, 0.1) is 20.6 Å². The lowest BCUT2D eigenvalue weighted by atomic mass is 10.2. The van der Waals surface area contributed by atoms with Gasteiger partial charge in [-0.1, -0.05) is 5.16 Å². The Hall–Kier alpha value is -2.37. The van der Waals surface area contributed by atoms with E-state index < -0.39 is 0 Å². The molecule has 1 aromatic heterocycles. The quantitative estimate of drug-likeness (QED) is 0.765. The summed E-state index contributed by atoms with van der Waals surface area (Å²) in [4.78, 5) is 15.2. The second-order valence-electron chi connectivity index (χ2n) is 3.82. The van der Waals surface area contributed by atoms with Crippen molar-refractivity contribution in [1.82, 2.24) is 10.1 Å². The number of methoxy groups -OCH3 is 2. The zero-order chi connectivity index (χ0) is 13.7. The van der Waals surface area contributed by atoms with Gasteiger partial charge in [-0.3, -0.25) is 4.79 Å². The molecule has 19 heavy (non-hydrogen) atoms. The van der Waals surface area contributed by atoms with Crippen LogP contribution in [0, 0.1) is 0 Å². The molecule has 0 atom stereocenters. The first kappa shape index (κ1) is 13.1. The highest BCUT2D eigenvalue weighted by Crippen LogP contribution is 2.19. The summed E-state index contributed by atoms with van der Waals surface area (Å²) >= 11 is 0. The maximum Gasteiger partial charge on any atom is 0.306 e. The number of carbonyl (C=O) groups excluding carboxylic acids is 1. The largest absolute Gasteiger partial charge is 0.497 e. The molecule has 0 bridgehead atoms. The molecule has 6 heteroatoms. The standard InChI is InChI=1S/C13H14N2O4/c1-17-10-5-3-9(4-6-10)13-14-11(19-15-13)7-8-12(16)18-2/h3-6H,7-8H2,1-2H3. The van der Waals surface area contributed by atoms with Crippen LogP contribution in [-0.4, -0.2) is 30.3 Å². The molecule has 0 unspecified atom stereocenters. The second kappa shape index (κ2) is 5.99. The fraction of sp³-hybridized carbons (Fsp3) is 0.308. The Morgan fingerprint density at radius 2 is 2.00 bits per heavy atom. The van der Waals surface area contributed by atoms with Gasteiger partial charge >= 0.3 is 5.97 Å². The highest BCUT2D eigenvalue weighted by Gasteiger charge is 2.10. The molecule has 0 N–H and O–H groups in total. The predicted molar refractivity (Wildman–Crippen MR) is 66.6 cm³/mol. The van der Waals surface area contributed by atoms with Gasteiger partial charge in [0.15, 0.2) is 0 Å². The van der Waals surface area contributed by atoms with Crippen LogP contribution < -0.4 is 4.74 Å². The van der Waals surface area contributed by atoms with E-state index in [9.17, 15) is 4.79 Å². The number of rotatable bonds is 5. The van der Waals surface area contributed by atoms with Crippen molar-refractivity contribution in [2.75, 3.05) is 14.2 Å². The van der Waals surface area contributed by atoms with Gasteiger partial charge in [-0.05, 0) is 24.3 Å². The summed E-state index contributed by atoms with van der Waals surface area (Å²) in [6, 6.07) is 7.32. The minimum absolute atomic E-state index is 0.223. The first-order chi connectivity index (χ1) is 9.22. The smallest absolute Gasteiger partial charge is 0.306 e.